The average Bonchev–Trinajstić information content (AvgIpc) is 3.14. The Morgan fingerprint density at radius 2 is 1.89 bits per heavy atom. The first kappa shape index (κ1) is 19.4. The normalized spacial score (nSPS) is 10.5. The number of methoxy groups -OCH3 is 1. The van der Waals surface area contributed by atoms with Gasteiger partial charge in [-0.3, -0.25) is 14.3 Å². The summed E-state index contributed by atoms with van der Waals surface area (Å²) in [5.74, 6) is 0.404. The van der Waals surface area contributed by atoms with Gasteiger partial charge < -0.3 is 10.1 Å². The quantitative estimate of drug-likeness (QED) is 0.613. The molecule has 0 aliphatic heterocycles. The Balaban J connectivity index is 1.58. The first-order valence-corrected chi connectivity index (χ1v) is 9.05. The van der Waals surface area contributed by atoms with Crippen LogP contribution in [0.5, 0.6) is 5.75 Å². The summed E-state index contributed by atoms with van der Waals surface area (Å²) in [6.45, 7) is 2.57. The first-order chi connectivity index (χ1) is 13.5. The van der Waals surface area contributed by atoms with Crippen molar-refractivity contribution in [2.75, 3.05) is 7.11 Å². The van der Waals surface area contributed by atoms with E-state index in [4.69, 9.17) is 4.74 Å². The average molecular weight is 377 g/mol. The number of carbonyl (C=O) groups is 2. The number of hydrogen-bond acceptors (Lipinski definition) is 4. The molecular weight excluding hydrogens is 354 g/mol. The maximum absolute atomic E-state index is 12.4. The van der Waals surface area contributed by atoms with Crippen molar-refractivity contribution < 1.29 is 14.3 Å². The van der Waals surface area contributed by atoms with Gasteiger partial charge >= 0.3 is 0 Å². The van der Waals surface area contributed by atoms with Crippen LogP contribution in [0.15, 0.2) is 60.9 Å². The molecule has 28 heavy (non-hydrogen) atoms. The molecule has 0 radical (unpaired) electrons. The maximum atomic E-state index is 12.4. The van der Waals surface area contributed by atoms with Crippen molar-refractivity contribution in [1.82, 2.24) is 15.1 Å². The number of nitrogens with one attached hydrogen (secondary N) is 1. The Morgan fingerprint density at radius 1 is 1.11 bits per heavy atom. The molecule has 1 heterocycles. The fourth-order valence-corrected chi connectivity index (χ4v) is 2.93. The van der Waals surface area contributed by atoms with E-state index in [1.165, 1.54) is 12.5 Å². The number of aromatic nitrogens is 2. The molecule has 0 spiro atoms. The summed E-state index contributed by atoms with van der Waals surface area (Å²) in [7, 11) is 1.55. The second-order valence-electron chi connectivity index (χ2n) is 6.57. The van der Waals surface area contributed by atoms with Gasteiger partial charge in [-0.05, 0) is 30.7 Å². The van der Waals surface area contributed by atoms with Crippen LogP contribution in [-0.2, 0) is 24.3 Å². The molecule has 2 aromatic carbocycles. The van der Waals surface area contributed by atoms with Gasteiger partial charge in [0.25, 0.3) is 0 Å². The smallest absolute Gasteiger partial charge is 0.224 e. The summed E-state index contributed by atoms with van der Waals surface area (Å²) in [4.78, 5) is 23.9. The Morgan fingerprint density at radius 3 is 2.61 bits per heavy atom. The second kappa shape index (κ2) is 8.99. The van der Waals surface area contributed by atoms with E-state index < -0.39 is 0 Å². The van der Waals surface area contributed by atoms with E-state index in [-0.39, 0.29) is 18.1 Å². The Kier molecular flexibility index (Phi) is 6.22. The third kappa shape index (κ3) is 5.07. The molecule has 0 aliphatic rings. The van der Waals surface area contributed by atoms with Crippen molar-refractivity contribution in [2.45, 2.75) is 26.4 Å². The topological polar surface area (TPSA) is 73.2 Å². The Labute approximate surface area is 164 Å². The lowest BCUT2D eigenvalue weighted by molar-refractivity contribution is -0.120. The van der Waals surface area contributed by atoms with Crippen LogP contribution in [0.1, 0.15) is 34.0 Å². The number of ether oxygens (including phenoxy) is 1. The van der Waals surface area contributed by atoms with Gasteiger partial charge in [-0.2, -0.15) is 5.10 Å². The second-order valence-corrected chi connectivity index (χ2v) is 6.57. The number of benzene rings is 2. The van der Waals surface area contributed by atoms with E-state index in [2.05, 4.69) is 10.4 Å². The molecule has 1 aromatic heterocycles. The first-order valence-electron chi connectivity index (χ1n) is 9.05. The Bertz CT molecular complexity index is 964. The molecular formula is C22H23N3O3. The minimum Gasteiger partial charge on any atom is -0.496 e. The maximum Gasteiger partial charge on any atom is 0.224 e. The highest BCUT2D eigenvalue weighted by Crippen LogP contribution is 2.21. The molecule has 0 unspecified atom stereocenters. The third-order valence-electron chi connectivity index (χ3n) is 4.40. The number of amides is 1. The van der Waals surface area contributed by atoms with Crippen LogP contribution in [0.3, 0.4) is 0 Å². The van der Waals surface area contributed by atoms with E-state index in [1.807, 2.05) is 41.2 Å². The highest BCUT2D eigenvalue weighted by atomic mass is 16.5. The van der Waals surface area contributed by atoms with Crippen molar-refractivity contribution >= 4 is 11.7 Å². The van der Waals surface area contributed by atoms with Crippen molar-refractivity contribution in [1.29, 1.82) is 0 Å². The molecule has 1 N–H and O–H groups in total. The van der Waals surface area contributed by atoms with Crippen LogP contribution in [0, 0.1) is 0 Å². The van der Waals surface area contributed by atoms with Gasteiger partial charge in [-0.25, -0.2) is 0 Å². The van der Waals surface area contributed by atoms with Gasteiger partial charge in [0.15, 0.2) is 5.78 Å². The number of rotatable bonds is 8. The highest BCUT2D eigenvalue weighted by Gasteiger charge is 2.12. The molecule has 0 bridgehead atoms. The van der Waals surface area contributed by atoms with Crippen LogP contribution >= 0.6 is 0 Å². The molecule has 144 valence electrons. The molecule has 0 atom stereocenters. The predicted octanol–water partition coefficient (Wildman–Crippen LogP) is 3.00. The van der Waals surface area contributed by atoms with Gasteiger partial charge in [-0.15, -0.1) is 0 Å². The van der Waals surface area contributed by atoms with Crippen molar-refractivity contribution in [2.24, 2.45) is 0 Å². The predicted molar refractivity (Wildman–Crippen MR) is 106 cm³/mol. The molecule has 3 rings (SSSR count). The van der Waals surface area contributed by atoms with Crippen LogP contribution in [-0.4, -0.2) is 28.6 Å². The standard InChI is InChI=1S/C22H23N3O3/c1-16(26)19-8-9-21(28-2)20(10-19)11-22(27)23-12-18-13-24-25(15-18)14-17-6-4-3-5-7-17/h3-10,13,15H,11-12,14H2,1-2H3,(H,23,27). The van der Waals surface area contributed by atoms with Crippen LogP contribution in [0.25, 0.3) is 0 Å². The van der Waals surface area contributed by atoms with Crippen molar-refractivity contribution in [3.8, 4) is 5.75 Å². The van der Waals surface area contributed by atoms with Crippen molar-refractivity contribution in [3.63, 3.8) is 0 Å². The fraction of sp³-hybridized carbons (Fsp3) is 0.227. The van der Waals surface area contributed by atoms with Crippen LogP contribution < -0.4 is 10.1 Å². The minimum atomic E-state index is -0.144. The number of ketones is 1. The largest absolute Gasteiger partial charge is 0.496 e. The summed E-state index contributed by atoms with van der Waals surface area (Å²) < 4.78 is 7.14. The summed E-state index contributed by atoms with van der Waals surface area (Å²) in [5.41, 5.74) is 3.34. The molecule has 0 fully saturated rings. The molecule has 0 saturated carbocycles. The van der Waals surface area contributed by atoms with Gasteiger partial charge in [0, 0.05) is 29.4 Å². The van der Waals surface area contributed by atoms with Gasteiger partial charge in [0.05, 0.1) is 26.3 Å². The summed E-state index contributed by atoms with van der Waals surface area (Å²) in [6.07, 6.45) is 3.81. The molecule has 3 aromatic rings. The van der Waals surface area contributed by atoms with Gasteiger partial charge in [-0.1, -0.05) is 30.3 Å². The molecule has 6 heteroatoms. The summed E-state index contributed by atoms with van der Waals surface area (Å²) in [6, 6.07) is 15.2. The molecule has 0 aliphatic carbocycles. The highest BCUT2D eigenvalue weighted by molar-refractivity contribution is 5.94. The number of nitrogens with zero attached hydrogens (tertiary/aromatic N) is 2. The third-order valence-corrected chi connectivity index (χ3v) is 4.40. The van der Waals surface area contributed by atoms with E-state index in [0.29, 0.717) is 30.0 Å². The summed E-state index contributed by atoms with van der Waals surface area (Å²) in [5, 5.41) is 7.23. The lowest BCUT2D eigenvalue weighted by Gasteiger charge is -2.10. The monoisotopic (exact) mass is 377 g/mol. The van der Waals surface area contributed by atoms with Crippen LogP contribution in [0.4, 0.5) is 0 Å². The van der Waals surface area contributed by atoms with Crippen molar-refractivity contribution in [3.05, 3.63) is 83.2 Å². The van der Waals surface area contributed by atoms with E-state index >= 15 is 0 Å². The Hall–Kier alpha value is -3.41. The zero-order valence-electron chi connectivity index (χ0n) is 16.0. The molecule has 1 amide bonds. The lowest BCUT2D eigenvalue weighted by Crippen LogP contribution is -2.24. The van der Waals surface area contributed by atoms with Gasteiger partial charge in [0.2, 0.25) is 5.91 Å². The fourth-order valence-electron chi connectivity index (χ4n) is 2.93. The number of hydrogen-bond donors (Lipinski definition) is 1. The molecule has 0 saturated heterocycles. The molecule has 6 nitrogen and oxygen atoms in total. The zero-order valence-corrected chi connectivity index (χ0v) is 16.0. The minimum absolute atomic E-state index is 0.0462. The lowest BCUT2D eigenvalue weighted by atomic mass is 10.0. The van der Waals surface area contributed by atoms with Gasteiger partial charge in [0.1, 0.15) is 5.75 Å². The number of Topliss-reactive ketones (excluding diaryl/α,β-unsaturated/α-hetero) is 1. The SMILES string of the molecule is COc1ccc(C(C)=O)cc1CC(=O)NCc1cnn(Cc2ccccc2)c1. The van der Waals surface area contributed by atoms with E-state index in [1.54, 1.807) is 31.5 Å². The zero-order chi connectivity index (χ0) is 19.9. The summed E-state index contributed by atoms with van der Waals surface area (Å²) >= 11 is 0. The number of carbonyl (C=O) groups excluding carboxylic acids is 2. The van der Waals surface area contributed by atoms with Crippen LogP contribution in [0.2, 0.25) is 0 Å². The van der Waals surface area contributed by atoms with E-state index in [9.17, 15) is 9.59 Å². The van der Waals surface area contributed by atoms with E-state index in [0.717, 1.165) is 5.56 Å².